The number of aromatic nitrogens is 2. The maximum Gasteiger partial charge on any atom is 0.258 e. The highest BCUT2D eigenvalue weighted by molar-refractivity contribution is 9.10. The Balaban J connectivity index is 1.48. The zero-order chi connectivity index (χ0) is 22.0. The van der Waals surface area contributed by atoms with Crippen LogP contribution in [0.4, 0.5) is 5.69 Å². The summed E-state index contributed by atoms with van der Waals surface area (Å²) >= 11 is 3.40. The topological polar surface area (TPSA) is 93.1 Å². The van der Waals surface area contributed by atoms with Gasteiger partial charge in [0.2, 0.25) is 11.8 Å². The molecule has 2 N–H and O–H groups in total. The van der Waals surface area contributed by atoms with E-state index >= 15 is 0 Å². The van der Waals surface area contributed by atoms with E-state index in [2.05, 4.69) is 31.7 Å². The predicted molar refractivity (Wildman–Crippen MR) is 120 cm³/mol. The Morgan fingerprint density at radius 3 is 2.52 bits per heavy atom. The van der Waals surface area contributed by atoms with Crippen molar-refractivity contribution in [2.75, 3.05) is 5.32 Å². The molecule has 3 aromatic rings. The van der Waals surface area contributed by atoms with E-state index in [1.54, 1.807) is 23.0 Å². The lowest BCUT2D eigenvalue weighted by atomic mass is 9.72. The Morgan fingerprint density at radius 2 is 1.87 bits per heavy atom. The van der Waals surface area contributed by atoms with Gasteiger partial charge in [-0.25, -0.2) is 4.68 Å². The Labute approximate surface area is 188 Å². The summed E-state index contributed by atoms with van der Waals surface area (Å²) < 4.78 is 2.60. The van der Waals surface area contributed by atoms with Gasteiger partial charge in [-0.3, -0.25) is 19.7 Å². The van der Waals surface area contributed by atoms with E-state index in [1.807, 2.05) is 43.3 Å². The molecule has 1 atom stereocenters. The van der Waals surface area contributed by atoms with E-state index in [4.69, 9.17) is 0 Å². The van der Waals surface area contributed by atoms with E-state index in [1.165, 1.54) is 6.20 Å². The molecule has 1 aliphatic rings. The summed E-state index contributed by atoms with van der Waals surface area (Å²) in [7, 11) is 0. The molecule has 1 aliphatic heterocycles. The number of nitrogens with zero attached hydrogens (tertiary/aromatic N) is 2. The first-order valence-electron chi connectivity index (χ1n) is 9.98. The van der Waals surface area contributed by atoms with Crippen LogP contribution in [-0.4, -0.2) is 27.5 Å². The molecule has 0 aliphatic carbocycles. The van der Waals surface area contributed by atoms with Crippen LogP contribution < -0.4 is 10.6 Å². The fourth-order valence-electron chi connectivity index (χ4n) is 3.82. The molecule has 3 amide bonds. The van der Waals surface area contributed by atoms with Crippen LogP contribution in [0.15, 0.2) is 65.4 Å². The smallest absolute Gasteiger partial charge is 0.258 e. The van der Waals surface area contributed by atoms with E-state index in [0.717, 1.165) is 15.7 Å². The third kappa shape index (κ3) is 4.16. The number of rotatable bonds is 5. The van der Waals surface area contributed by atoms with E-state index in [0.29, 0.717) is 30.5 Å². The first kappa shape index (κ1) is 21.0. The van der Waals surface area contributed by atoms with Gasteiger partial charge in [-0.2, -0.15) is 5.10 Å². The zero-order valence-electron chi connectivity index (χ0n) is 16.9. The van der Waals surface area contributed by atoms with Crippen molar-refractivity contribution < 1.29 is 14.4 Å². The highest BCUT2D eigenvalue weighted by Crippen LogP contribution is 2.36. The summed E-state index contributed by atoms with van der Waals surface area (Å²) in [6.45, 7) is 1.94. The largest absolute Gasteiger partial charge is 0.322 e. The van der Waals surface area contributed by atoms with Crippen LogP contribution in [0.25, 0.3) is 5.69 Å². The minimum atomic E-state index is -0.720. The van der Waals surface area contributed by atoms with E-state index < -0.39 is 5.41 Å². The lowest BCUT2D eigenvalue weighted by Crippen LogP contribution is -2.51. The van der Waals surface area contributed by atoms with Crippen LogP contribution in [0.3, 0.4) is 0 Å². The van der Waals surface area contributed by atoms with E-state index in [9.17, 15) is 14.4 Å². The highest BCUT2D eigenvalue weighted by atomic mass is 79.9. The molecule has 1 unspecified atom stereocenters. The van der Waals surface area contributed by atoms with Crippen molar-refractivity contribution in [3.8, 4) is 5.69 Å². The molecule has 1 saturated heterocycles. The van der Waals surface area contributed by atoms with Crippen LogP contribution in [0.5, 0.6) is 0 Å². The first-order chi connectivity index (χ1) is 14.9. The lowest BCUT2D eigenvalue weighted by Gasteiger charge is -2.35. The van der Waals surface area contributed by atoms with Gasteiger partial charge in [-0.1, -0.05) is 35.0 Å². The number of benzene rings is 2. The van der Waals surface area contributed by atoms with Crippen LogP contribution in [0.1, 0.15) is 42.1 Å². The molecule has 0 radical (unpaired) electrons. The van der Waals surface area contributed by atoms with Gasteiger partial charge in [-0.05, 0) is 54.8 Å². The maximum absolute atomic E-state index is 12.6. The van der Waals surface area contributed by atoms with Crippen LogP contribution in [0.2, 0.25) is 0 Å². The third-order valence-electron chi connectivity index (χ3n) is 5.70. The summed E-state index contributed by atoms with van der Waals surface area (Å²) in [5, 5.41) is 9.56. The summed E-state index contributed by atoms with van der Waals surface area (Å²) in [6, 6.07) is 14.8. The fourth-order valence-corrected chi connectivity index (χ4v) is 4.08. The normalized spacial score (nSPS) is 18.5. The number of anilines is 1. The Hall–Kier alpha value is -3.26. The summed E-state index contributed by atoms with van der Waals surface area (Å²) in [4.78, 5) is 36.7. The van der Waals surface area contributed by atoms with Crippen molar-refractivity contribution >= 4 is 39.3 Å². The molecule has 0 saturated carbocycles. The average molecular weight is 481 g/mol. The Kier molecular flexibility index (Phi) is 5.73. The Bertz CT molecular complexity index is 1140. The summed E-state index contributed by atoms with van der Waals surface area (Å²) in [5.74, 6) is -0.771. The SMILES string of the molecule is CCC1(c2ccc(NC(=O)c3cnn(-c4ccc(Br)cc4)c3)cc2)CCC(=O)NC1=O. The number of amides is 3. The minimum Gasteiger partial charge on any atom is -0.322 e. The van der Waals surface area contributed by atoms with Gasteiger partial charge in [0.15, 0.2) is 0 Å². The van der Waals surface area contributed by atoms with Gasteiger partial charge in [-0.15, -0.1) is 0 Å². The number of hydrogen-bond donors (Lipinski definition) is 2. The number of imide groups is 1. The second-order valence-electron chi connectivity index (χ2n) is 7.49. The number of nitrogens with one attached hydrogen (secondary N) is 2. The number of hydrogen-bond acceptors (Lipinski definition) is 4. The number of piperidine rings is 1. The van der Waals surface area contributed by atoms with Gasteiger partial charge in [0.25, 0.3) is 5.91 Å². The molecule has 158 valence electrons. The van der Waals surface area contributed by atoms with Crippen LogP contribution in [-0.2, 0) is 15.0 Å². The van der Waals surface area contributed by atoms with Gasteiger partial charge >= 0.3 is 0 Å². The molecule has 1 aromatic heterocycles. The van der Waals surface area contributed by atoms with Gasteiger partial charge in [0, 0.05) is 22.8 Å². The van der Waals surface area contributed by atoms with Crippen LogP contribution >= 0.6 is 15.9 Å². The fraction of sp³-hybridized carbons (Fsp3) is 0.217. The molecule has 7 nitrogen and oxygen atoms in total. The van der Waals surface area contributed by atoms with Crippen molar-refractivity contribution in [1.82, 2.24) is 15.1 Å². The Morgan fingerprint density at radius 1 is 1.16 bits per heavy atom. The van der Waals surface area contributed by atoms with Crippen molar-refractivity contribution in [2.45, 2.75) is 31.6 Å². The molecule has 0 spiro atoms. The summed E-state index contributed by atoms with van der Waals surface area (Å²) in [6.07, 6.45) is 4.58. The third-order valence-corrected chi connectivity index (χ3v) is 6.23. The van der Waals surface area contributed by atoms with Gasteiger partial charge in [0.1, 0.15) is 0 Å². The quantitative estimate of drug-likeness (QED) is 0.540. The minimum absolute atomic E-state index is 0.235. The van der Waals surface area contributed by atoms with Gasteiger partial charge < -0.3 is 5.32 Å². The van der Waals surface area contributed by atoms with Crippen molar-refractivity contribution in [3.05, 3.63) is 76.5 Å². The maximum atomic E-state index is 12.6. The van der Waals surface area contributed by atoms with Crippen molar-refractivity contribution in [2.24, 2.45) is 0 Å². The monoisotopic (exact) mass is 480 g/mol. The molecule has 2 aromatic carbocycles. The molecular weight excluding hydrogens is 460 g/mol. The molecule has 4 rings (SSSR count). The second kappa shape index (κ2) is 8.47. The van der Waals surface area contributed by atoms with Crippen molar-refractivity contribution in [1.29, 1.82) is 0 Å². The second-order valence-corrected chi connectivity index (χ2v) is 8.41. The molecular formula is C23H21BrN4O3. The standard InChI is InChI=1S/C23H21BrN4O3/c1-2-23(12-11-20(29)27-22(23)31)16-3-7-18(8-4-16)26-21(30)15-13-25-28(14-15)19-9-5-17(24)6-10-19/h3-10,13-14H,2,11-12H2,1H3,(H,26,30)(H,27,29,31). The number of carbonyl (C=O) groups excluding carboxylic acids is 3. The molecule has 31 heavy (non-hydrogen) atoms. The number of carbonyl (C=O) groups is 3. The van der Waals surface area contributed by atoms with Crippen molar-refractivity contribution in [3.63, 3.8) is 0 Å². The van der Waals surface area contributed by atoms with E-state index in [-0.39, 0.29) is 17.7 Å². The molecule has 2 heterocycles. The average Bonchev–Trinajstić information content (AvgIpc) is 3.26. The summed E-state index contributed by atoms with van der Waals surface area (Å²) in [5.41, 5.74) is 2.01. The van der Waals surface area contributed by atoms with Gasteiger partial charge in [0.05, 0.1) is 22.9 Å². The van der Waals surface area contributed by atoms with Crippen LogP contribution in [0, 0.1) is 0 Å². The first-order valence-corrected chi connectivity index (χ1v) is 10.8. The molecule has 8 heteroatoms. The number of halogens is 1. The molecule has 0 bridgehead atoms. The lowest BCUT2D eigenvalue weighted by molar-refractivity contribution is -0.138. The predicted octanol–water partition coefficient (Wildman–Crippen LogP) is 3.97. The highest BCUT2D eigenvalue weighted by Gasteiger charge is 2.42. The zero-order valence-corrected chi connectivity index (χ0v) is 18.5. The molecule has 1 fully saturated rings.